The molecule has 30 heavy (non-hydrogen) atoms. The standard InChI is InChI=1S/C21H18N2O5S2/c1-13(24)22-21-23-19(15-6-3-14(4-7-15)5-12-18(25)26)20(29-21)16-8-10-17(11-9-16)30(2,27)28/h3-12H,1-2H3,(H,25,26)(H,22,23,24)/b12-5+. The Bertz CT molecular complexity index is 1230. The topological polar surface area (TPSA) is 113 Å². The first-order chi connectivity index (χ1) is 14.1. The van der Waals surface area contributed by atoms with Gasteiger partial charge in [0.25, 0.3) is 0 Å². The number of amides is 1. The van der Waals surface area contributed by atoms with Gasteiger partial charge in [-0.1, -0.05) is 47.7 Å². The first-order valence-corrected chi connectivity index (χ1v) is 11.4. The zero-order valence-electron chi connectivity index (χ0n) is 16.1. The molecule has 3 aromatic rings. The van der Waals surface area contributed by atoms with E-state index in [1.807, 2.05) is 12.1 Å². The lowest BCUT2D eigenvalue weighted by Gasteiger charge is -2.05. The Morgan fingerprint density at radius 1 is 1.03 bits per heavy atom. The Balaban J connectivity index is 2.04. The minimum Gasteiger partial charge on any atom is -0.478 e. The quantitative estimate of drug-likeness (QED) is 0.559. The predicted molar refractivity (Wildman–Crippen MR) is 117 cm³/mol. The summed E-state index contributed by atoms with van der Waals surface area (Å²) in [6.07, 6.45) is 3.69. The molecule has 0 aliphatic rings. The van der Waals surface area contributed by atoms with Crippen LogP contribution in [-0.4, -0.2) is 36.6 Å². The van der Waals surface area contributed by atoms with Gasteiger partial charge in [-0.05, 0) is 29.3 Å². The molecule has 2 aromatic carbocycles. The van der Waals surface area contributed by atoms with Crippen molar-refractivity contribution in [3.05, 3.63) is 60.2 Å². The maximum absolute atomic E-state index is 11.7. The van der Waals surface area contributed by atoms with Crippen LogP contribution in [0.15, 0.2) is 59.5 Å². The number of rotatable bonds is 6. The zero-order chi connectivity index (χ0) is 21.9. The average molecular weight is 443 g/mol. The number of carboxylic acid groups (broad SMARTS) is 1. The molecule has 0 aliphatic carbocycles. The highest BCUT2D eigenvalue weighted by molar-refractivity contribution is 7.90. The number of carbonyl (C=O) groups is 2. The van der Waals surface area contributed by atoms with E-state index in [9.17, 15) is 18.0 Å². The zero-order valence-corrected chi connectivity index (χ0v) is 17.8. The fourth-order valence-corrected chi connectivity index (χ4v) is 4.36. The summed E-state index contributed by atoms with van der Waals surface area (Å²) >= 11 is 1.28. The third-order valence-corrected chi connectivity index (χ3v) is 6.21. The van der Waals surface area contributed by atoms with Gasteiger partial charge < -0.3 is 10.4 Å². The largest absolute Gasteiger partial charge is 0.478 e. The van der Waals surface area contributed by atoms with Gasteiger partial charge in [-0.25, -0.2) is 18.2 Å². The molecule has 0 saturated heterocycles. The molecule has 7 nitrogen and oxygen atoms in total. The smallest absolute Gasteiger partial charge is 0.328 e. The normalized spacial score (nSPS) is 11.5. The van der Waals surface area contributed by atoms with Gasteiger partial charge in [0.05, 0.1) is 15.5 Å². The van der Waals surface area contributed by atoms with Crippen molar-refractivity contribution in [2.24, 2.45) is 0 Å². The maximum atomic E-state index is 11.7. The number of aliphatic carboxylic acids is 1. The number of hydrogen-bond donors (Lipinski definition) is 2. The van der Waals surface area contributed by atoms with Crippen LogP contribution in [0, 0.1) is 0 Å². The highest BCUT2D eigenvalue weighted by atomic mass is 32.2. The SMILES string of the molecule is CC(=O)Nc1nc(-c2ccc(/C=C/C(=O)O)cc2)c(-c2ccc(S(C)(=O)=O)cc2)s1. The molecule has 0 spiro atoms. The lowest BCUT2D eigenvalue weighted by atomic mass is 10.0. The third kappa shape index (κ3) is 5.19. The lowest BCUT2D eigenvalue weighted by Crippen LogP contribution is -2.04. The molecule has 1 aromatic heterocycles. The predicted octanol–water partition coefficient (Wildman–Crippen LogP) is 3.94. The minimum absolute atomic E-state index is 0.217. The van der Waals surface area contributed by atoms with Gasteiger partial charge in [0.2, 0.25) is 5.91 Å². The molecule has 3 rings (SSSR count). The van der Waals surface area contributed by atoms with Crippen molar-refractivity contribution in [1.29, 1.82) is 0 Å². The van der Waals surface area contributed by atoms with Gasteiger partial charge in [0, 0.05) is 24.8 Å². The van der Waals surface area contributed by atoms with E-state index in [2.05, 4.69) is 10.3 Å². The number of hydrogen-bond acceptors (Lipinski definition) is 6. The molecule has 1 amide bonds. The van der Waals surface area contributed by atoms with Crippen molar-refractivity contribution in [2.45, 2.75) is 11.8 Å². The number of nitrogens with one attached hydrogen (secondary N) is 1. The van der Waals surface area contributed by atoms with Crippen LogP contribution in [0.1, 0.15) is 12.5 Å². The third-order valence-electron chi connectivity index (χ3n) is 4.06. The number of carbonyl (C=O) groups excluding carboxylic acids is 1. The van der Waals surface area contributed by atoms with E-state index in [0.717, 1.165) is 33.9 Å². The van der Waals surface area contributed by atoms with Crippen LogP contribution in [0.4, 0.5) is 5.13 Å². The van der Waals surface area contributed by atoms with Crippen molar-refractivity contribution in [1.82, 2.24) is 4.98 Å². The van der Waals surface area contributed by atoms with E-state index < -0.39 is 15.8 Å². The van der Waals surface area contributed by atoms with E-state index in [1.54, 1.807) is 24.3 Å². The van der Waals surface area contributed by atoms with Crippen molar-refractivity contribution < 1.29 is 23.1 Å². The highest BCUT2D eigenvalue weighted by Crippen LogP contribution is 2.39. The summed E-state index contributed by atoms with van der Waals surface area (Å²) in [4.78, 5) is 27.7. The summed E-state index contributed by atoms with van der Waals surface area (Å²) in [5, 5.41) is 11.9. The van der Waals surface area contributed by atoms with Crippen LogP contribution >= 0.6 is 11.3 Å². The number of benzene rings is 2. The van der Waals surface area contributed by atoms with Crippen molar-refractivity contribution in [3.63, 3.8) is 0 Å². The number of carboxylic acids is 1. The van der Waals surface area contributed by atoms with Gasteiger partial charge >= 0.3 is 5.97 Å². The number of anilines is 1. The van der Waals surface area contributed by atoms with Gasteiger partial charge in [-0.3, -0.25) is 4.79 Å². The Morgan fingerprint density at radius 2 is 1.63 bits per heavy atom. The lowest BCUT2D eigenvalue weighted by molar-refractivity contribution is -0.131. The molecule has 0 fully saturated rings. The summed E-state index contributed by atoms with van der Waals surface area (Å²) in [6.45, 7) is 1.39. The minimum atomic E-state index is -3.31. The maximum Gasteiger partial charge on any atom is 0.328 e. The number of sulfone groups is 1. The second-order valence-corrected chi connectivity index (χ2v) is 9.48. The Labute approximate surface area is 177 Å². The monoisotopic (exact) mass is 442 g/mol. The van der Waals surface area contributed by atoms with Crippen LogP contribution in [-0.2, 0) is 19.4 Å². The second-order valence-electron chi connectivity index (χ2n) is 6.47. The summed E-state index contributed by atoms with van der Waals surface area (Å²) in [5.41, 5.74) is 2.89. The van der Waals surface area contributed by atoms with E-state index in [4.69, 9.17) is 5.11 Å². The Kier molecular flexibility index (Phi) is 6.14. The van der Waals surface area contributed by atoms with Crippen molar-refractivity contribution >= 4 is 44.3 Å². The van der Waals surface area contributed by atoms with Crippen LogP contribution in [0.3, 0.4) is 0 Å². The van der Waals surface area contributed by atoms with Crippen molar-refractivity contribution in [2.75, 3.05) is 11.6 Å². The fraction of sp³-hybridized carbons (Fsp3) is 0.0952. The average Bonchev–Trinajstić information content (AvgIpc) is 3.09. The summed E-state index contributed by atoms with van der Waals surface area (Å²) in [6, 6.07) is 13.6. The highest BCUT2D eigenvalue weighted by Gasteiger charge is 2.17. The van der Waals surface area contributed by atoms with Gasteiger partial charge in [0.1, 0.15) is 0 Å². The second kappa shape index (κ2) is 8.60. The Hall–Kier alpha value is -3.30. The summed E-state index contributed by atoms with van der Waals surface area (Å²) in [5.74, 6) is -1.28. The molecule has 1 heterocycles. The van der Waals surface area contributed by atoms with Gasteiger partial charge in [-0.2, -0.15) is 0 Å². The van der Waals surface area contributed by atoms with Gasteiger partial charge in [0.15, 0.2) is 15.0 Å². The molecular weight excluding hydrogens is 424 g/mol. The molecule has 0 bridgehead atoms. The van der Waals surface area contributed by atoms with Crippen LogP contribution in [0.2, 0.25) is 0 Å². The van der Waals surface area contributed by atoms with E-state index in [0.29, 0.717) is 10.8 Å². The van der Waals surface area contributed by atoms with Crippen LogP contribution in [0.25, 0.3) is 27.8 Å². The van der Waals surface area contributed by atoms with E-state index >= 15 is 0 Å². The summed E-state index contributed by atoms with van der Waals surface area (Å²) < 4.78 is 23.4. The van der Waals surface area contributed by atoms with Crippen LogP contribution in [0.5, 0.6) is 0 Å². The van der Waals surface area contributed by atoms with E-state index in [-0.39, 0.29) is 10.8 Å². The molecule has 0 saturated carbocycles. The number of aromatic nitrogens is 1. The molecule has 154 valence electrons. The molecule has 0 aliphatic heterocycles. The van der Waals surface area contributed by atoms with Crippen molar-refractivity contribution in [3.8, 4) is 21.7 Å². The molecule has 0 unspecified atom stereocenters. The molecular formula is C21H18N2O5S2. The number of thiazole rings is 1. The first kappa shape index (κ1) is 21.4. The molecule has 0 atom stereocenters. The van der Waals surface area contributed by atoms with E-state index in [1.165, 1.54) is 36.5 Å². The van der Waals surface area contributed by atoms with Crippen LogP contribution < -0.4 is 5.32 Å². The molecule has 2 N–H and O–H groups in total. The first-order valence-electron chi connectivity index (χ1n) is 8.74. The summed E-state index contributed by atoms with van der Waals surface area (Å²) in [7, 11) is -3.31. The number of nitrogens with zero attached hydrogens (tertiary/aromatic N) is 1. The Morgan fingerprint density at radius 3 is 2.17 bits per heavy atom. The molecule has 9 heteroatoms. The fourth-order valence-electron chi connectivity index (χ4n) is 2.69. The van der Waals surface area contributed by atoms with Gasteiger partial charge in [-0.15, -0.1) is 0 Å². The molecule has 0 radical (unpaired) electrons.